The van der Waals surface area contributed by atoms with Crippen molar-refractivity contribution in [1.82, 2.24) is 9.96 Å². The maximum absolute atomic E-state index is 11.9. The summed E-state index contributed by atoms with van der Waals surface area (Å²) in [6.45, 7) is 5.95. The average molecular weight is 262 g/mol. The minimum Gasteiger partial charge on any atom is -0.364 e. The fourth-order valence-corrected chi connectivity index (χ4v) is 2.29. The van der Waals surface area contributed by atoms with E-state index >= 15 is 0 Å². The largest absolute Gasteiger partial charge is 0.364 e. The molecule has 19 heavy (non-hydrogen) atoms. The van der Waals surface area contributed by atoms with Crippen molar-refractivity contribution in [3.8, 4) is 0 Å². The van der Waals surface area contributed by atoms with Crippen LogP contribution in [-0.4, -0.2) is 48.2 Å². The van der Waals surface area contributed by atoms with E-state index in [9.17, 15) is 4.79 Å². The van der Waals surface area contributed by atoms with E-state index in [4.69, 9.17) is 4.84 Å². The van der Waals surface area contributed by atoms with Crippen molar-refractivity contribution in [3.05, 3.63) is 35.9 Å². The van der Waals surface area contributed by atoms with Crippen LogP contribution in [0.2, 0.25) is 0 Å². The standard InChI is InChI=1S/C15H22N2O2/c1-12(2)16(3)14-9-10-17(11-14)19-15(18)13-7-5-4-6-8-13/h4-8,12,14H,9-11H2,1-3H3. The van der Waals surface area contributed by atoms with E-state index < -0.39 is 0 Å². The summed E-state index contributed by atoms with van der Waals surface area (Å²) in [5.74, 6) is -0.270. The maximum atomic E-state index is 11.9. The van der Waals surface area contributed by atoms with Crippen molar-refractivity contribution in [2.75, 3.05) is 20.1 Å². The van der Waals surface area contributed by atoms with Crippen LogP contribution in [0.3, 0.4) is 0 Å². The molecule has 1 aliphatic heterocycles. The van der Waals surface area contributed by atoms with Gasteiger partial charge in [0.1, 0.15) is 0 Å². The molecule has 1 aromatic carbocycles. The Morgan fingerprint density at radius 1 is 1.37 bits per heavy atom. The molecule has 0 amide bonds. The summed E-state index contributed by atoms with van der Waals surface area (Å²) in [4.78, 5) is 19.7. The van der Waals surface area contributed by atoms with Gasteiger partial charge in [-0.05, 0) is 39.4 Å². The van der Waals surface area contributed by atoms with Crippen molar-refractivity contribution in [3.63, 3.8) is 0 Å². The lowest BCUT2D eigenvalue weighted by Gasteiger charge is -2.27. The van der Waals surface area contributed by atoms with Crippen LogP contribution < -0.4 is 0 Å². The molecule has 0 saturated carbocycles. The van der Waals surface area contributed by atoms with Gasteiger partial charge >= 0.3 is 5.97 Å². The van der Waals surface area contributed by atoms with Gasteiger partial charge in [0.15, 0.2) is 0 Å². The van der Waals surface area contributed by atoms with Crippen LogP contribution in [0.4, 0.5) is 0 Å². The van der Waals surface area contributed by atoms with E-state index in [0.29, 0.717) is 17.6 Å². The Hall–Kier alpha value is -1.39. The molecule has 104 valence electrons. The van der Waals surface area contributed by atoms with Crippen molar-refractivity contribution < 1.29 is 9.63 Å². The predicted molar refractivity (Wildman–Crippen MR) is 74.7 cm³/mol. The summed E-state index contributed by atoms with van der Waals surface area (Å²) in [7, 11) is 2.12. The first-order valence-electron chi connectivity index (χ1n) is 6.82. The second kappa shape index (κ2) is 6.17. The van der Waals surface area contributed by atoms with Crippen LogP contribution in [0.15, 0.2) is 30.3 Å². The number of carbonyl (C=O) groups excluding carboxylic acids is 1. The molecule has 1 heterocycles. The third-order valence-electron chi connectivity index (χ3n) is 3.74. The number of hydrogen-bond acceptors (Lipinski definition) is 4. The van der Waals surface area contributed by atoms with Gasteiger partial charge in [0.25, 0.3) is 0 Å². The number of hydrogen-bond donors (Lipinski definition) is 0. The quantitative estimate of drug-likeness (QED) is 0.832. The first-order chi connectivity index (χ1) is 9.08. The molecule has 1 aliphatic rings. The summed E-state index contributed by atoms with van der Waals surface area (Å²) in [6.07, 6.45) is 1.04. The highest BCUT2D eigenvalue weighted by Gasteiger charge is 2.29. The molecule has 4 heteroatoms. The Morgan fingerprint density at radius 2 is 2.05 bits per heavy atom. The van der Waals surface area contributed by atoms with Crippen LogP contribution in [0, 0.1) is 0 Å². The van der Waals surface area contributed by atoms with Gasteiger partial charge < -0.3 is 4.84 Å². The Kier molecular flexibility index (Phi) is 4.56. The molecule has 1 atom stereocenters. The van der Waals surface area contributed by atoms with Crippen LogP contribution in [0.1, 0.15) is 30.6 Å². The minimum absolute atomic E-state index is 0.270. The smallest absolute Gasteiger partial charge is 0.357 e. The van der Waals surface area contributed by atoms with Crippen LogP contribution >= 0.6 is 0 Å². The fraction of sp³-hybridized carbons (Fsp3) is 0.533. The molecule has 1 unspecified atom stereocenters. The van der Waals surface area contributed by atoms with Gasteiger partial charge in [-0.25, -0.2) is 4.79 Å². The molecule has 0 radical (unpaired) electrons. The number of rotatable bonds is 4. The van der Waals surface area contributed by atoms with Gasteiger partial charge in [-0.1, -0.05) is 18.2 Å². The predicted octanol–water partition coefficient (Wildman–Crippen LogP) is 2.17. The van der Waals surface area contributed by atoms with Gasteiger partial charge in [-0.3, -0.25) is 4.90 Å². The number of likely N-dealkylation sites (N-methyl/N-ethyl adjacent to an activating group) is 1. The summed E-state index contributed by atoms with van der Waals surface area (Å²) in [5, 5.41) is 1.78. The lowest BCUT2D eigenvalue weighted by atomic mass is 10.2. The first-order valence-corrected chi connectivity index (χ1v) is 6.82. The zero-order chi connectivity index (χ0) is 13.8. The van der Waals surface area contributed by atoms with Gasteiger partial charge in [0, 0.05) is 18.6 Å². The monoisotopic (exact) mass is 262 g/mol. The van der Waals surface area contributed by atoms with Crippen molar-refractivity contribution >= 4 is 5.97 Å². The normalized spacial score (nSPS) is 20.2. The molecule has 0 aliphatic carbocycles. The SMILES string of the molecule is CC(C)N(C)C1CCN(OC(=O)c2ccccc2)C1. The molecule has 0 aromatic heterocycles. The Balaban J connectivity index is 1.87. The lowest BCUT2D eigenvalue weighted by molar-refractivity contribution is -0.0964. The molecule has 4 nitrogen and oxygen atoms in total. The minimum atomic E-state index is -0.270. The van der Waals surface area contributed by atoms with E-state index in [1.807, 2.05) is 18.2 Å². The van der Waals surface area contributed by atoms with Crippen LogP contribution in [0.5, 0.6) is 0 Å². The molecular formula is C15H22N2O2. The van der Waals surface area contributed by atoms with Gasteiger partial charge in [0.2, 0.25) is 0 Å². The van der Waals surface area contributed by atoms with Gasteiger partial charge in [-0.2, -0.15) is 0 Å². The second-order valence-electron chi connectivity index (χ2n) is 5.33. The van der Waals surface area contributed by atoms with E-state index in [0.717, 1.165) is 19.5 Å². The zero-order valence-corrected chi connectivity index (χ0v) is 11.9. The Labute approximate surface area is 114 Å². The lowest BCUT2D eigenvalue weighted by Crippen LogP contribution is -2.39. The van der Waals surface area contributed by atoms with E-state index in [-0.39, 0.29) is 5.97 Å². The molecular weight excluding hydrogens is 240 g/mol. The summed E-state index contributed by atoms with van der Waals surface area (Å²) >= 11 is 0. The molecule has 1 fully saturated rings. The number of carbonyl (C=O) groups is 1. The van der Waals surface area contributed by atoms with E-state index in [2.05, 4.69) is 25.8 Å². The third kappa shape index (κ3) is 3.55. The highest BCUT2D eigenvalue weighted by atomic mass is 16.7. The summed E-state index contributed by atoms with van der Waals surface area (Å²) in [6, 6.07) is 10.1. The molecule has 1 aromatic rings. The van der Waals surface area contributed by atoms with E-state index in [1.165, 1.54) is 0 Å². The van der Waals surface area contributed by atoms with Gasteiger partial charge in [0.05, 0.1) is 12.1 Å². The molecule has 2 rings (SSSR count). The Morgan fingerprint density at radius 3 is 2.68 bits per heavy atom. The first kappa shape index (κ1) is 14.0. The number of hydroxylamine groups is 2. The highest BCUT2D eigenvalue weighted by molar-refractivity contribution is 5.89. The fourth-order valence-electron chi connectivity index (χ4n) is 2.29. The van der Waals surface area contributed by atoms with Crippen molar-refractivity contribution in [1.29, 1.82) is 0 Å². The van der Waals surface area contributed by atoms with Crippen molar-refractivity contribution in [2.45, 2.75) is 32.4 Å². The average Bonchev–Trinajstić information content (AvgIpc) is 2.87. The summed E-state index contributed by atoms with van der Waals surface area (Å²) < 4.78 is 0. The van der Waals surface area contributed by atoms with E-state index in [1.54, 1.807) is 17.2 Å². The van der Waals surface area contributed by atoms with Crippen LogP contribution in [0.25, 0.3) is 0 Å². The molecule has 1 saturated heterocycles. The Bertz CT molecular complexity index is 419. The third-order valence-corrected chi connectivity index (χ3v) is 3.74. The molecule has 0 N–H and O–H groups in total. The zero-order valence-electron chi connectivity index (χ0n) is 11.9. The number of benzene rings is 1. The second-order valence-corrected chi connectivity index (χ2v) is 5.33. The number of nitrogens with zero attached hydrogens (tertiary/aromatic N) is 2. The maximum Gasteiger partial charge on any atom is 0.357 e. The topological polar surface area (TPSA) is 32.8 Å². The van der Waals surface area contributed by atoms with Crippen molar-refractivity contribution in [2.24, 2.45) is 0 Å². The molecule has 0 bridgehead atoms. The highest BCUT2D eigenvalue weighted by Crippen LogP contribution is 2.17. The summed E-state index contributed by atoms with van der Waals surface area (Å²) in [5.41, 5.74) is 0.600. The molecule has 0 spiro atoms. The van der Waals surface area contributed by atoms with Crippen LogP contribution in [-0.2, 0) is 4.84 Å². The van der Waals surface area contributed by atoms with Gasteiger partial charge in [-0.15, -0.1) is 5.06 Å².